The summed E-state index contributed by atoms with van der Waals surface area (Å²) in [5.41, 5.74) is 0. The standard InChI is InChI=1S/C12H27NOS/c1-6-9-13-11(7-2)10-14-12(4,8-3)15-5/h11,13H,6-10H2,1-5H3. The molecule has 0 aliphatic carbocycles. The third-order valence-corrected chi connectivity index (χ3v) is 4.11. The maximum atomic E-state index is 5.98. The Kier molecular flexibility index (Phi) is 8.58. The molecule has 0 aromatic heterocycles. The van der Waals surface area contributed by atoms with E-state index in [-0.39, 0.29) is 4.93 Å². The Bertz CT molecular complexity index is 149. The highest BCUT2D eigenvalue weighted by molar-refractivity contribution is 7.99. The van der Waals surface area contributed by atoms with E-state index in [9.17, 15) is 0 Å². The Morgan fingerprint density at radius 1 is 1.33 bits per heavy atom. The van der Waals surface area contributed by atoms with Gasteiger partial charge < -0.3 is 10.1 Å². The molecular weight excluding hydrogens is 206 g/mol. The number of ether oxygens (including phenoxy) is 1. The third kappa shape index (κ3) is 6.44. The largest absolute Gasteiger partial charge is 0.363 e. The van der Waals surface area contributed by atoms with Crippen LogP contribution in [0.3, 0.4) is 0 Å². The van der Waals surface area contributed by atoms with Crippen molar-refractivity contribution < 1.29 is 4.74 Å². The van der Waals surface area contributed by atoms with Gasteiger partial charge in [-0.3, -0.25) is 0 Å². The highest BCUT2D eigenvalue weighted by atomic mass is 32.2. The lowest BCUT2D eigenvalue weighted by Gasteiger charge is -2.29. The van der Waals surface area contributed by atoms with Crippen LogP contribution in [-0.2, 0) is 4.74 Å². The first kappa shape index (κ1) is 15.3. The van der Waals surface area contributed by atoms with Crippen molar-refractivity contribution in [2.75, 3.05) is 19.4 Å². The summed E-state index contributed by atoms with van der Waals surface area (Å²) in [5, 5.41) is 3.51. The molecule has 0 spiro atoms. The molecule has 2 unspecified atom stereocenters. The van der Waals surface area contributed by atoms with Gasteiger partial charge in [-0.05, 0) is 39.0 Å². The van der Waals surface area contributed by atoms with Gasteiger partial charge in [0, 0.05) is 6.04 Å². The molecule has 0 aromatic rings. The zero-order valence-electron chi connectivity index (χ0n) is 10.9. The smallest absolute Gasteiger partial charge is 0.110 e. The zero-order chi connectivity index (χ0) is 11.7. The van der Waals surface area contributed by atoms with Crippen molar-refractivity contribution in [3.63, 3.8) is 0 Å². The van der Waals surface area contributed by atoms with Crippen molar-refractivity contribution in [2.24, 2.45) is 0 Å². The van der Waals surface area contributed by atoms with E-state index in [4.69, 9.17) is 4.74 Å². The molecule has 92 valence electrons. The van der Waals surface area contributed by atoms with Crippen LogP contribution in [0.5, 0.6) is 0 Å². The van der Waals surface area contributed by atoms with Crippen LogP contribution < -0.4 is 5.32 Å². The first-order valence-corrected chi connectivity index (χ1v) is 7.26. The van der Waals surface area contributed by atoms with Crippen LogP contribution in [0.1, 0.15) is 47.0 Å². The molecular formula is C12H27NOS. The normalized spacial score (nSPS) is 17.4. The molecule has 0 rings (SSSR count). The first-order valence-electron chi connectivity index (χ1n) is 6.04. The molecule has 0 fully saturated rings. The van der Waals surface area contributed by atoms with Gasteiger partial charge in [-0.2, -0.15) is 0 Å². The van der Waals surface area contributed by atoms with Crippen LogP contribution >= 0.6 is 11.8 Å². The fourth-order valence-corrected chi connectivity index (χ4v) is 1.73. The molecule has 0 saturated carbocycles. The summed E-state index contributed by atoms with van der Waals surface area (Å²) in [7, 11) is 0. The van der Waals surface area contributed by atoms with E-state index >= 15 is 0 Å². The topological polar surface area (TPSA) is 21.3 Å². The van der Waals surface area contributed by atoms with Gasteiger partial charge >= 0.3 is 0 Å². The van der Waals surface area contributed by atoms with Crippen molar-refractivity contribution in [1.29, 1.82) is 0 Å². The summed E-state index contributed by atoms with van der Waals surface area (Å²) in [6.07, 6.45) is 5.49. The molecule has 15 heavy (non-hydrogen) atoms. The fraction of sp³-hybridized carbons (Fsp3) is 1.00. The van der Waals surface area contributed by atoms with E-state index < -0.39 is 0 Å². The molecule has 0 amide bonds. The van der Waals surface area contributed by atoms with Crippen molar-refractivity contribution in [3.05, 3.63) is 0 Å². The second-order valence-corrected chi connectivity index (χ2v) is 5.33. The Hall–Kier alpha value is 0.270. The average Bonchev–Trinajstić information content (AvgIpc) is 2.29. The summed E-state index contributed by atoms with van der Waals surface area (Å²) >= 11 is 1.80. The first-order chi connectivity index (χ1) is 7.11. The van der Waals surface area contributed by atoms with Gasteiger partial charge in [-0.15, -0.1) is 11.8 Å². The molecule has 0 bridgehead atoms. The fourth-order valence-electron chi connectivity index (χ4n) is 1.25. The van der Waals surface area contributed by atoms with Crippen LogP contribution in [0.2, 0.25) is 0 Å². The van der Waals surface area contributed by atoms with E-state index in [1.807, 2.05) is 0 Å². The number of nitrogens with one attached hydrogen (secondary N) is 1. The molecule has 3 heteroatoms. The van der Waals surface area contributed by atoms with Crippen molar-refractivity contribution in [1.82, 2.24) is 5.32 Å². The number of hydrogen-bond donors (Lipinski definition) is 1. The Labute approximate surface area is 99.5 Å². The molecule has 0 heterocycles. The lowest BCUT2D eigenvalue weighted by atomic mass is 10.2. The lowest BCUT2D eigenvalue weighted by Crippen LogP contribution is -2.37. The second-order valence-electron chi connectivity index (χ2n) is 4.06. The monoisotopic (exact) mass is 233 g/mol. The Balaban J connectivity index is 3.87. The van der Waals surface area contributed by atoms with Gasteiger partial charge in [0.05, 0.1) is 6.61 Å². The Morgan fingerprint density at radius 3 is 2.40 bits per heavy atom. The molecule has 1 N–H and O–H groups in total. The summed E-state index contributed by atoms with van der Waals surface area (Å²) < 4.78 is 5.98. The van der Waals surface area contributed by atoms with Gasteiger partial charge in [0.15, 0.2) is 0 Å². The summed E-state index contributed by atoms with van der Waals surface area (Å²) in [6, 6.07) is 0.503. The zero-order valence-corrected chi connectivity index (χ0v) is 11.7. The minimum absolute atomic E-state index is 0.0126. The van der Waals surface area contributed by atoms with Crippen LogP contribution in [-0.4, -0.2) is 30.4 Å². The SMILES string of the molecule is CCCNC(CC)COC(C)(CC)SC. The molecule has 2 atom stereocenters. The van der Waals surface area contributed by atoms with Gasteiger partial charge in [-0.1, -0.05) is 20.8 Å². The van der Waals surface area contributed by atoms with Crippen LogP contribution in [0.15, 0.2) is 0 Å². The number of hydrogen-bond acceptors (Lipinski definition) is 3. The van der Waals surface area contributed by atoms with Crippen LogP contribution in [0, 0.1) is 0 Å². The van der Waals surface area contributed by atoms with E-state index in [1.54, 1.807) is 11.8 Å². The van der Waals surface area contributed by atoms with Crippen LogP contribution in [0.25, 0.3) is 0 Å². The maximum absolute atomic E-state index is 5.98. The van der Waals surface area contributed by atoms with Gasteiger partial charge in [0.1, 0.15) is 4.93 Å². The number of rotatable bonds is 9. The van der Waals surface area contributed by atoms with Crippen molar-refractivity contribution in [2.45, 2.75) is 57.9 Å². The average molecular weight is 233 g/mol. The highest BCUT2D eigenvalue weighted by Crippen LogP contribution is 2.27. The summed E-state index contributed by atoms with van der Waals surface area (Å²) in [6.45, 7) is 10.7. The summed E-state index contributed by atoms with van der Waals surface area (Å²) in [5.74, 6) is 0. The van der Waals surface area contributed by atoms with E-state index in [0.29, 0.717) is 6.04 Å². The van der Waals surface area contributed by atoms with Gasteiger partial charge in [-0.25, -0.2) is 0 Å². The molecule has 0 saturated heterocycles. The van der Waals surface area contributed by atoms with E-state index in [0.717, 1.165) is 26.0 Å². The van der Waals surface area contributed by atoms with E-state index in [1.165, 1.54) is 6.42 Å². The summed E-state index contributed by atoms with van der Waals surface area (Å²) in [4.78, 5) is -0.0126. The molecule has 0 radical (unpaired) electrons. The molecule has 0 aliphatic heterocycles. The molecule has 0 aliphatic rings. The second kappa shape index (κ2) is 8.43. The predicted octanol–water partition coefficient (Wildman–Crippen LogP) is 3.27. The van der Waals surface area contributed by atoms with Gasteiger partial charge in [0.25, 0.3) is 0 Å². The molecule has 2 nitrogen and oxygen atoms in total. The minimum atomic E-state index is -0.0126. The minimum Gasteiger partial charge on any atom is -0.363 e. The van der Waals surface area contributed by atoms with Crippen molar-refractivity contribution >= 4 is 11.8 Å². The predicted molar refractivity (Wildman–Crippen MR) is 70.5 cm³/mol. The van der Waals surface area contributed by atoms with Crippen molar-refractivity contribution in [3.8, 4) is 0 Å². The highest BCUT2D eigenvalue weighted by Gasteiger charge is 2.22. The van der Waals surface area contributed by atoms with E-state index in [2.05, 4.69) is 39.3 Å². The van der Waals surface area contributed by atoms with Gasteiger partial charge in [0.2, 0.25) is 0 Å². The number of thioether (sulfide) groups is 1. The lowest BCUT2D eigenvalue weighted by molar-refractivity contribution is 0.0222. The molecule has 0 aromatic carbocycles. The quantitative estimate of drug-likeness (QED) is 0.618. The van der Waals surface area contributed by atoms with Crippen LogP contribution in [0.4, 0.5) is 0 Å². The Morgan fingerprint density at radius 2 is 2.00 bits per heavy atom. The third-order valence-electron chi connectivity index (χ3n) is 2.84. The maximum Gasteiger partial charge on any atom is 0.110 e.